The molecule has 7 nitrogen and oxygen atoms in total. The number of carbonyl (C=O) groups excluding carboxylic acids is 3. The molecule has 4 rings (SSSR count). The maximum absolute atomic E-state index is 12.3. The lowest BCUT2D eigenvalue weighted by Crippen LogP contribution is -2.32. The molecule has 1 aliphatic rings. The normalized spacial score (nSPS) is 13.0. The average Bonchev–Trinajstić information content (AvgIpc) is 3.23. The Bertz CT molecular complexity index is 1040. The largest absolute Gasteiger partial charge is 0.367 e. The Labute approximate surface area is 158 Å². The van der Waals surface area contributed by atoms with Crippen molar-refractivity contribution in [2.24, 2.45) is 0 Å². The highest BCUT2D eigenvalue weighted by Gasteiger charge is 2.38. The molecule has 0 aliphatic carbocycles. The summed E-state index contributed by atoms with van der Waals surface area (Å²) in [4.78, 5) is 41.8. The van der Waals surface area contributed by atoms with Crippen LogP contribution in [0, 0.1) is 0 Å². The second-order valence-electron chi connectivity index (χ2n) is 5.85. The Balaban J connectivity index is 1.49. The third-order valence-corrected chi connectivity index (χ3v) is 4.46. The van der Waals surface area contributed by atoms with Crippen LogP contribution in [0.5, 0.6) is 0 Å². The van der Waals surface area contributed by atoms with E-state index < -0.39 is 17.8 Å². The number of aromatic nitrogens is 2. The van der Waals surface area contributed by atoms with Crippen LogP contribution in [-0.4, -0.2) is 32.6 Å². The molecular weight excluding hydrogens is 370 g/mol. The number of carbonyl (C=O) groups is 3. The molecule has 8 heteroatoms. The minimum Gasteiger partial charge on any atom is -0.324 e. The molecule has 3 aromatic rings. The van der Waals surface area contributed by atoms with Crippen LogP contribution >= 0.6 is 11.6 Å². The van der Waals surface area contributed by atoms with Gasteiger partial charge >= 0.3 is 5.97 Å². The topological polar surface area (TPSA) is 81.5 Å². The molecule has 0 N–H and O–H groups in total. The van der Waals surface area contributed by atoms with Crippen LogP contribution in [0.3, 0.4) is 0 Å². The summed E-state index contributed by atoms with van der Waals surface area (Å²) < 4.78 is 1.51. The highest BCUT2D eigenvalue weighted by Crippen LogP contribution is 2.23. The van der Waals surface area contributed by atoms with E-state index in [0.717, 1.165) is 5.56 Å². The number of benzene rings is 2. The van der Waals surface area contributed by atoms with E-state index in [2.05, 4.69) is 5.10 Å². The van der Waals surface area contributed by atoms with Gasteiger partial charge in [0.1, 0.15) is 0 Å². The number of hydrogen-bond acceptors (Lipinski definition) is 5. The van der Waals surface area contributed by atoms with Gasteiger partial charge in [-0.25, -0.2) is 4.79 Å². The standard InChI is InChI=1S/C19H12ClN3O4/c20-16-8-4-1-5-12(16)10-22-11-13(9-21-22)19(26)27-23-17(24)14-6-2-3-7-15(14)18(23)25/h1-9,11H,10H2. The second kappa shape index (κ2) is 6.69. The fraction of sp³-hybridized carbons (Fsp3) is 0.0526. The molecule has 1 aliphatic heterocycles. The molecule has 0 spiro atoms. The van der Waals surface area contributed by atoms with Gasteiger partial charge in [-0.1, -0.05) is 47.0 Å². The lowest BCUT2D eigenvalue weighted by molar-refractivity contribution is -0.0584. The van der Waals surface area contributed by atoms with Gasteiger partial charge in [0.15, 0.2) is 0 Å². The van der Waals surface area contributed by atoms with Gasteiger partial charge in [-0.3, -0.25) is 14.3 Å². The number of hydroxylamine groups is 2. The van der Waals surface area contributed by atoms with Crippen LogP contribution < -0.4 is 0 Å². The lowest BCUT2D eigenvalue weighted by Gasteiger charge is -2.11. The predicted octanol–water partition coefficient (Wildman–Crippen LogP) is 2.95. The summed E-state index contributed by atoms with van der Waals surface area (Å²) in [5, 5.41) is 5.15. The van der Waals surface area contributed by atoms with Crippen molar-refractivity contribution in [1.82, 2.24) is 14.8 Å². The summed E-state index contributed by atoms with van der Waals surface area (Å²) in [5.41, 5.74) is 1.34. The number of amides is 2. The van der Waals surface area contributed by atoms with Crippen molar-refractivity contribution in [3.8, 4) is 0 Å². The first-order valence-corrected chi connectivity index (χ1v) is 8.38. The molecule has 134 valence electrons. The minimum absolute atomic E-state index is 0.110. The summed E-state index contributed by atoms with van der Waals surface area (Å²) in [6.07, 6.45) is 2.77. The van der Waals surface area contributed by atoms with Crippen LogP contribution in [0.2, 0.25) is 5.02 Å². The van der Waals surface area contributed by atoms with Crippen molar-refractivity contribution in [3.63, 3.8) is 0 Å². The minimum atomic E-state index is -0.852. The van der Waals surface area contributed by atoms with Crippen LogP contribution in [-0.2, 0) is 11.4 Å². The van der Waals surface area contributed by atoms with E-state index in [-0.39, 0.29) is 16.7 Å². The Hall–Kier alpha value is -3.45. The average molecular weight is 382 g/mol. The molecule has 0 atom stereocenters. The van der Waals surface area contributed by atoms with Crippen molar-refractivity contribution in [2.75, 3.05) is 0 Å². The van der Waals surface area contributed by atoms with E-state index in [4.69, 9.17) is 16.4 Å². The predicted molar refractivity (Wildman–Crippen MR) is 95.1 cm³/mol. The Morgan fingerprint density at radius 3 is 2.30 bits per heavy atom. The maximum Gasteiger partial charge on any atom is 0.367 e. The van der Waals surface area contributed by atoms with E-state index in [1.165, 1.54) is 29.2 Å². The zero-order valence-corrected chi connectivity index (χ0v) is 14.6. The molecule has 0 unspecified atom stereocenters. The third kappa shape index (κ3) is 3.09. The number of fused-ring (bicyclic) bond motifs is 1. The SMILES string of the molecule is O=C(ON1C(=O)c2ccccc2C1=O)c1cnn(Cc2ccccc2Cl)c1. The highest BCUT2D eigenvalue weighted by molar-refractivity contribution is 6.31. The maximum atomic E-state index is 12.3. The summed E-state index contributed by atoms with van der Waals surface area (Å²) in [6, 6.07) is 13.6. The molecule has 2 amide bonds. The van der Waals surface area contributed by atoms with Crippen molar-refractivity contribution in [1.29, 1.82) is 0 Å². The van der Waals surface area contributed by atoms with Crippen LogP contribution in [0.4, 0.5) is 0 Å². The van der Waals surface area contributed by atoms with Crippen molar-refractivity contribution < 1.29 is 19.2 Å². The van der Waals surface area contributed by atoms with Crippen molar-refractivity contribution in [3.05, 3.63) is 88.2 Å². The quantitative estimate of drug-likeness (QED) is 0.649. The molecule has 0 saturated heterocycles. The van der Waals surface area contributed by atoms with E-state index in [1.807, 2.05) is 18.2 Å². The van der Waals surface area contributed by atoms with Gasteiger partial charge < -0.3 is 4.84 Å². The molecular formula is C19H12ClN3O4. The fourth-order valence-electron chi connectivity index (χ4n) is 2.74. The zero-order valence-electron chi connectivity index (χ0n) is 13.8. The first kappa shape index (κ1) is 17.0. The van der Waals surface area contributed by atoms with E-state index >= 15 is 0 Å². The number of hydrogen-bond donors (Lipinski definition) is 0. The number of rotatable bonds is 4. The fourth-order valence-corrected chi connectivity index (χ4v) is 2.94. The van der Waals surface area contributed by atoms with Crippen LogP contribution in [0.25, 0.3) is 0 Å². The second-order valence-corrected chi connectivity index (χ2v) is 6.25. The van der Waals surface area contributed by atoms with Gasteiger partial charge in [0, 0.05) is 11.2 Å². The zero-order chi connectivity index (χ0) is 19.0. The smallest absolute Gasteiger partial charge is 0.324 e. The molecule has 27 heavy (non-hydrogen) atoms. The van der Waals surface area contributed by atoms with Gasteiger partial charge in [0.25, 0.3) is 11.8 Å². The first-order valence-electron chi connectivity index (χ1n) is 8.00. The third-order valence-electron chi connectivity index (χ3n) is 4.09. The lowest BCUT2D eigenvalue weighted by atomic mass is 10.1. The van der Waals surface area contributed by atoms with E-state index in [9.17, 15) is 14.4 Å². The molecule has 0 fully saturated rings. The van der Waals surface area contributed by atoms with Crippen molar-refractivity contribution in [2.45, 2.75) is 6.54 Å². The first-order chi connectivity index (χ1) is 13.0. The molecule has 0 bridgehead atoms. The summed E-state index contributed by atoms with van der Waals surface area (Å²) in [7, 11) is 0. The number of nitrogens with zero attached hydrogens (tertiary/aromatic N) is 3. The summed E-state index contributed by atoms with van der Waals surface area (Å²) >= 11 is 6.12. The number of imide groups is 1. The monoisotopic (exact) mass is 381 g/mol. The van der Waals surface area contributed by atoms with Gasteiger partial charge in [-0.2, -0.15) is 5.10 Å². The van der Waals surface area contributed by atoms with Gasteiger partial charge in [0.05, 0.1) is 29.4 Å². The highest BCUT2D eigenvalue weighted by atomic mass is 35.5. The van der Waals surface area contributed by atoms with Gasteiger partial charge in [0.2, 0.25) is 0 Å². The Morgan fingerprint density at radius 1 is 1.00 bits per heavy atom. The molecule has 1 aromatic heterocycles. The Morgan fingerprint density at radius 2 is 1.63 bits per heavy atom. The Kier molecular flexibility index (Phi) is 4.21. The van der Waals surface area contributed by atoms with Crippen LogP contribution in [0.15, 0.2) is 60.9 Å². The van der Waals surface area contributed by atoms with Crippen LogP contribution in [0.1, 0.15) is 36.6 Å². The number of halogens is 1. The molecule has 0 saturated carbocycles. The van der Waals surface area contributed by atoms with E-state index in [1.54, 1.807) is 18.2 Å². The van der Waals surface area contributed by atoms with Gasteiger partial charge in [-0.05, 0) is 23.8 Å². The summed E-state index contributed by atoms with van der Waals surface area (Å²) in [5.74, 6) is -2.20. The molecule has 2 aromatic carbocycles. The van der Waals surface area contributed by atoms with Gasteiger partial charge in [-0.15, -0.1) is 0 Å². The molecule has 2 heterocycles. The summed E-state index contributed by atoms with van der Waals surface area (Å²) in [6.45, 7) is 0.361. The molecule has 0 radical (unpaired) electrons. The van der Waals surface area contributed by atoms with Crippen molar-refractivity contribution >= 4 is 29.4 Å². The van der Waals surface area contributed by atoms with E-state index in [0.29, 0.717) is 16.6 Å².